The van der Waals surface area contributed by atoms with Crippen LogP contribution in [-0.2, 0) is 6.54 Å². The van der Waals surface area contributed by atoms with E-state index in [4.69, 9.17) is 5.73 Å². The zero-order valence-electron chi connectivity index (χ0n) is 11.2. The van der Waals surface area contributed by atoms with E-state index in [1.54, 1.807) is 0 Å². The van der Waals surface area contributed by atoms with Gasteiger partial charge >= 0.3 is 0 Å². The molecule has 0 bridgehead atoms. The van der Waals surface area contributed by atoms with E-state index in [0.29, 0.717) is 6.54 Å². The second-order valence-corrected chi connectivity index (χ2v) is 6.05. The second-order valence-electron chi connectivity index (χ2n) is 5.20. The highest BCUT2D eigenvalue weighted by Gasteiger charge is 2.18. The molecule has 0 atom stereocenters. The van der Waals surface area contributed by atoms with Crippen LogP contribution in [0.5, 0.6) is 0 Å². The van der Waals surface area contributed by atoms with Crippen molar-refractivity contribution in [2.24, 2.45) is 11.7 Å². The third kappa shape index (κ3) is 3.27. The molecule has 1 heterocycles. The Hall–Kier alpha value is -0.540. The first-order valence-electron chi connectivity index (χ1n) is 6.98. The predicted molar refractivity (Wildman–Crippen MR) is 81.9 cm³/mol. The van der Waals surface area contributed by atoms with Crippen LogP contribution >= 0.6 is 15.9 Å². The summed E-state index contributed by atoms with van der Waals surface area (Å²) in [4.78, 5) is 2.50. The number of nitrogens with zero attached hydrogens (tertiary/aromatic N) is 1. The molecule has 0 unspecified atom stereocenters. The van der Waals surface area contributed by atoms with Crippen molar-refractivity contribution in [3.63, 3.8) is 0 Å². The Balaban J connectivity index is 1.99. The summed E-state index contributed by atoms with van der Waals surface area (Å²) in [6.45, 7) is 5.27. The van der Waals surface area contributed by atoms with Crippen molar-refractivity contribution in [3.05, 3.63) is 28.2 Å². The van der Waals surface area contributed by atoms with Crippen LogP contribution in [0.4, 0.5) is 5.69 Å². The fourth-order valence-electron chi connectivity index (χ4n) is 2.79. The number of benzene rings is 1. The van der Waals surface area contributed by atoms with Gasteiger partial charge in [0.25, 0.3) is 0 Å². The number of hydrogen-bond donors (Lipinski definition) is 1. The number of rotatable bonds is 4. The van der Waals surface area contributed by atoms with Crippen LogP contribution in [0.3, 0.4) is 0 Å². The molecule has 0 saturated carbocycles. The topological polar surface area (TPSA) is 29.3 Å². The Labute approximate surface area is 119 Å². The van der Waals surface area contributed by atoms with Gasteiger partial charge in [0, 0.05) is 29.8 Å². The van der Waals surface area contributed by atoms with Gasteiger partial charge in [-0.15, -0.1) is 0 Å². The fourth-order valence-corrected chi connectivity index (χ4v) is 3.32. The van der Waals surface area contributed by atoms with Gasteiger partial charge in [0.2, 0.25) is 0 Å². The highest BCUT2D eigenvalue weighted by atomic mass is 79.9. The summed E-state index contributed by atoms with van der Waals surface area (Å²) in [5.74, 6) is 0.943. The zero-order valence-corrected chi connectivity index (χ0v) is 12.7. The molecule has 1 aromatic carbocycles. The van der Waals surface area contributed by atoms with Crippen molar-refractivity contribution in [3.8, 4) is 0 Å². The lowest BCUT2D eigenvalue weighted by Gasteiger charge is -2.33. The van der Waals surface area contributed by atoms with Crippen molar-refractivity contribution in [1.82, 2.24) is 0 Å². The summed E-state index contributed by atoms with van der Waals surface area (Å²) >= 11 is 3.60. The molecular weight excluding hydrogens is 288 g/mol. The highest BCUT2D eigenvalue weighted by Crippen LogP contribution is 2.29. The van der Waals surface area contributed by atoms with Crippen molar-refractivity contribution >= 4 is 21.6 Å². The smallest absolute Gasteiger partial charge is 0.0377 e. The van der Waals surface area contributed by atoms with Crippen LogP contribution in [0, 0.1) is 5.92 Å². The van der Waals surface area contributed by atoms with E-state index in [2.05, 4.69) is 46.0 Å². The molecule has 2 N–H and O–H groups in total. The first-order chi connectivity index (χ1) is 8.74. The van der Waals surface area contributed by atoms with E-state index in [9.17, 15) is 0 Å². The van der Waals surface area contributed by atoms with Gasteiger partial charge in [-0.3, -0.25) is 0 Å². The molecule has 0 aliphatic carbocycles. The second kappa shape index (κ2) is 6.58. The van der Waals surface area contributed by atoms with Gasteiger partial charge in [0.1, 0.15) is 0 Å². The Kier molecular flexibility index (Phi) is 5.07. The number of anilines is 1. The van der Waals surface area contributed by atoms with Crippen LogP contribution in [0.1, 0.15) is 38.2 Å². The lowest BCUT2D eigenvalue weighted by atomic mass is 9.92. The maximum Gasteiger partial charge on any atom is 0.0377 e. The molecule has 1 aliphatic heterocycles. The maximum atomic E-state index is 5.69. The maximum absolute atomic E-state index is 5.69. The summed E-state index contributed by atoms with van der Waals surface area (Å²) in [6.07, 6.45) is 5.39. The monoisotopic (exact) mass is 310 g/mol. The molecule has 1 aliphatic rings. The number of hydrogen-bond acceptors (Lipinski definition) is 2. The lowest BCUT2D eigenvalue weighted by molar-refractivity contribution is 0.378. The highest BCUT2D eigenvalue weighted by molar-refractivity contribution is 9.10. The van der Waals surface area contributed by atoms with E-state index in [1.165, 1.54) is 50.0 Å². The number of halogens is 1. The largest absolute Gasteiger partial charge is 0.371 e. The molecule has 0 radical (unpaired) electrons. The first kappa shape index (κ1) is 13.9. The molecule has 0 spiro atoms. The molecule has 0 aromatic heterocycles. The Morgan fingerprint density at radius 1 is 1.33 bits per heavy atom. The Morgan fingerprint density at radius 3 is 2.61 bits per heavy atom. The average Bonchev–Trinajstić information content (AvgIpc) is 2.40. The molecule has 100 valence electrons. The number of piperidine rings is 1. The van der Waals surface area contributed by atoms with Gasteiger partial charge < -0.3 is 10.6 Å². The van der Waals surface area contributed by atoms with Crippen molar-refractivity contribution in [2.75, 3.05) is 18.0 Å². The summed E-state index contributed by atoms with van der Waals surface area (Å²) < 4.78 is 1.14. The van der Waals surface area contributed by atoms with E-state index >= 15 is 0 Å². The van der Waals surface area contributed by atoms with E-state index in [-0.39, 0.29) is 0 Å². The van der Waals surface area contributed by atoms with Crippen LogP contribution < -0.4 is 10.6 Å². The van der Waals surface area contributed by atoms with Crippen LogP contribution in [0.25, 0.3) is 0 Å². The third-order valence-corrected chi connectivity index (χ3v) is 4.67. The molecule has 0 amide bonds. The minimum Gasteiger partial charge on any atom is -0.371 e. The first-order valence-corrected chi connectivity index (χ1v) is 7.77. The fraction of sp³-hybridized carbons (Fsp3) is 0.600. The summed E-state index contributed by atoms with van der Waals surface area (Å²) in [5.41, 5.74) is 8.20. The third-order valence-electron chi connectivity index (χ3n) is 3.93. The molecule has 1 aromatic rings. The standard InChI is InChI=1S/C15H23BrN2/c1-2-3-12-6-8-18(9-7-12)14-5-4-13(11-17)15(16)10-14/h4-5,10,12H,2-3,6-9,11,17H2,1H3. The van der Waals surface area contributed by atoms with E-state index in [1.807, 2.05) is 0 Å². The van der Waals surface area contributed by atoms with Gasteiger partial charge in [0.05, 0.1) is 0 Å². The molecule has 1 fully saturated rings. The quantitative estimate of drug-likeness (QED) is 0.913. The molecular formula is C15H23BrN2. The van der Waals surface area contributed by atoms with Crippen LogP contribution in [0.2, 0.25) is 0 Å². The molecule has 2 rings (SSSR count). The Bertz CT molecular complexity index is 384. The number of nitrogens with two attached hydrogens (primary N) is 1. The van der Waals surface area contributed by atoms with Crippen LogP contribution in [-0.4, -0.2) is 13.1 Å². The summed E-state index contributed by atoms with van der Waals surface area (Å²) in [7, 11) is 0. The molecule has 18 heavy (non-hydrogen) atoms. The average molecular weight is 311 g/mol. The van der Waals surface area contributed by atoms with Crippen molar-refractivity contribution < 1.29 is 0 Å². The SMILES string of the molecule is CCCC1CCN(c2ccc(CN)c(Br)c2)CC1. The van der Waals surface area contributed by atoms with Gasteiger partial charge in [-0.1, -0.05) is 41.8 Å². The summed E-state index contributed by atoms with van der Waals surface area (Å²) in [6, 6.07) is 6.55. The van der Waals surface area contributed by atoms with Crippen LogP contribution in [0.15, 0.2) is 22.7 Å². The van der Waals surface area contributed by atoms with Crippen molar-refractivity contribution in [1.29, 1.82) is 0 Å². The van der Waals surface area contributed by atoms with Gasteiger partial charge in [-0.05, 0) is 36.5 Å². The summed E-state index contributed by atoms with van der Waals surface area (Å²) in [5, 5.41) is 0. The lowest BCUT2D eigenvalue weighted by Crippen LogP contribution is -2.33. The van der Waals surface area contributed by atoms with Crippen molar-refractivity contribution in [2.45, 2.75) is 39.2 Å². The minimum atomic E-state index is 0.597. The van der Waals surface area contributed by atoms with Gasteiger partial charge in [-0.2, -0.15) is 0 Å². The molecule has 3 heteroatoms. The Morgan fingerprint density at radius 2 is 2.06 bits per heavy atom. The molecule has 2 nitrogen and oxygen atoms in total. The van der Waals surface area contributed by atoms with Gasteiger partial charge in [-0.25, -0.2) is 0 Å². The van der Waals surface area contributed by atoms with E-state index in [0.717, 1.165) is 10.4 Å². The predicted octanol–water partition coefficient (Wildman–Crippen LogP) is 3.92. The van der Waals surface area contributed by atoms with E-state index < -0.39 is 0 Å². The normalized spacial score (nSPS) is 17.2. The zero-order chi connectivity index (χ0) is 13.0. The van der Waals surface area contributed by atoms with Gasteiger partial charge in [0.15, 0.2) is 0 Å². The minimum absolute atomic E-state index is 0.597. The molecule has 1 saturated heterocycles.